The van der Waals surface area contributed by atoms with Crippen LogP contribution in [0.2, 0.25) is 0 Å². The molecule has 8 nitrogen and oxygen atoms in total. The Bertz CT molecular complexity index is 1110. The van der Waals surface area contributed by atoms with E-state index in [0.717, 1.165) is 62.0 Å². The van der Waals surface area contributed by atoms with E-state index in [0.29, 0.717) is 12.5 Å². The van der Waals surface area contributed by atoms with Gasteiger partial charge in [0.2, 0.25) is 11.9 Å². The number of ether oxygens (including phenoxy) is 1. The minimum absolute atomic E-state index is 0.0350. The third-order valence-corrected chi connectivity index (χ3v) is 6.44. The molecule has 0 spiro atoms. The molecule has 2 aliphatic rings. The number of likely N-dealkylation sites (tertiary alicyclic amines) is 1. The van der Waals surface area contributed by atoms with Gasteiger partial charge in [-0.2, -0.15) is 0 Å². The normalized spacial score (nSPS) is 16.6. The zero-order valence-corrected chi connectivity index (χ0v) is 19.9. The van der Waals surface area contributed by atoms with Gasteiger partial charge in [-0.1, -0.05) is 18.6 Å². The van der Waals surface area contributed by atoms with E-state index in [1.54, 1.807) is 6.20 Å². The van der Waals surface area contributed by atoms with Gasteiger partial charge in [-0.05, 0) is 68.4 Å². The van der Waals surface area contributed by atoms with Crippen LogP contribution in [-0.2, 0) is 9.53 Å². The number of morpholine rings is 1. The lowest BCUT2D eigenvalue weighted by Gasteiger charge is -2.28. The smallest absolute Gasteiger partial charge is 0.238 e. The van der Waals surface area contributed by atoms with Crippen LogP contribution in [0.5, 0.6) is 0 Å². The fraction of sp³-hybridized carbons (Fsp3) is 0.370. The molecule has 0 atom stereocenters. The first-order valence-electron chi connectivity index (χ1n) is 12.4. The molecule has 0 saturated carbocycles. The van der Waals surface area contributed by atoms with Crippen LogP contribution >= 0.6 is 0 Å². The number of rotatable bonds is 7. The summed E-state index contributed by atoms with van der Waals surface area (Å²) in [4.78, 5) is 26.0. The molecular weight excluding hydrogens is 440 g/mol. The van der Waals surface area contributed by atoms with Crippen molar-refractivity contribution in [1.82, 2.24) is 14.9 Å². The lowest BCUT2D eigenvalue weighted by molar-refractivity contribution is -0.117. The largest absolute Gasteiger partial charge is 0.378 e. The number of carbonyl (C=O) groups excluding carboxylic acids is 1. The van der Waals surface area contributed by atoms with Gasteiger partial charge in [-0.25, -0.2) is 9.97 Å². The number of aromatic nitrogens is 2. The fourth-order valence-corrected chi connectivity index (χ4v) is 4.53. The van der Waals surface area contributed by atoms with Crippen LogP contribution in [-0.4, -0.2) is 66.7 Å². The molecule has 2 aromatic carbocycles. The molecule has 182 valence electrons. The highest BCUT2D eigenvalue weighted by Gasteiger charge is 2.14. The van der Waals surface area contributed by atoms with Gasteiger partial charge in [0, 0.05) is 41.9 Å². The summed E-state index contributed by atoms with van der Waals surface area (Å²) in [7, 11) is 0. The Kier molecular flexibility index (Phi) is 7.50. The number of benzene rings is 2. The summed E-state index contributed by atoms with van der Waals surface area (Å²) in [5, 5.41) is 6.30. The summed E-state index contributed by atoms with van der Waals surface area (Å²) in [6.07, 6.45) is 5.37. The monoisotopic (exact) mass is 472 g/mol. The molecular formula is C27H32N6O2. The van der Waals surface area contributed by atoms with Gasteiger partial charge in [0.25, 0.3) is 0 Å². The van der Waals surface area contributed by atoms with Crippen molar-refractivity contribution in [2.24, 2.45) is 0 Å². The van der Waals surface area contributed by atoms with Crippen molar-refractivity contribution in [1.29, 1.82) is 0 Å². The molecule has 3 aromatic rings. The molecule has 3 heterocycles. The van der Waals surface area contributed by atoms with Crippen LogP contribution in [0.25, 0.3) is 11.3 Å². The quantitative estimate of drug-likeness (QED) is 0.535. The summed E-state index contributed by atoms with van der Waals surface area (Å²) >= 11 is 0. The maximum absolute atomic E-state index is 12.4. The highest BCUT2D eigenvalue weighted by molar-refractivity contribution is 5.92. The van der Waals surface area contributed by atoms with Gasteiger partial charge in [0.15, 0.2) is 0 Å². The Hall–Kier alpha value is -3.49. The van der Waals surface area contributed by atoms with Crippen molar-refractivity contribution in [3.8, 4) is 11.3 Å². The lowest BCUT2D eigenvalue weighted by Crippen LogP contribution is -2.36. The van der Waals surface area contributed by atoms with Crippen molar-refractivity contribution in [3.05, 3.63) is 60.8 Å². The first-order chi connectivity index (χ1) is 17.2. The molecule has 0 aliphatic carbocycles. The lowest BCUT2D eigenvalue weighted by atomic mass is 10.1. The molecule has 8 heteroatoms. The number of amides is 1. The van der Waals surface area contributed by atoms with Crippen molar-refractivity contribution < 1.29 is 9.53 Å². The van der Waals surface area contributed by atoms with Gasteiger partial charge in [-0.15, -0.1) is 0 Å². The molecule has 2 fully saturated rings. The zero-order chi connectivity index (χ0) is 23.9. The number of carbonyl (C=O) groups is 1. The van der Waals surface area contributed by atoms with Crippen LogP contribution in [0.15, 0.2) is 60.8 Å². The second kappa shape index (κ2) is 11.3. The molecule has 2 N–H and O–H groups in total. The van der Waals surface area contributed by atoms with Crippen LogP contribution in [0.3, 0.4) is 0 Å². The van der Waals surface area contributed by atoms with Crippen LogP contribution in [0.4, 0.5) is 23.0 Å². The van der Waals surface area contributed by atoms with Gasteiger partial charge >= 0.3 is 0 Å². The minimum Gasteiger partial charge on any atom is -0.378 e. The third-order valence-electron chi connectivity index (χ3n) is 6.44. The van der Waals surface area contributed by atoms with E-state index in [2.05, 4.69) is 42.5 Å². The van der Waals surface area contributed by atoms with Gasteiger partial charge in [0.05, 0.1) is 25.5 Å². The number of nitrogens with zero attached hydrogens (tertiary/aromatic N) is 4. The molecule has 2 aliphatic heterocycles. The van der Waals surface area contributed by atoms with Crippen molar-refractivity contribution >= 4 is 28.9 Å². The zero-order valence-electron chi connectivity index (χ0n) is 19.9. The van der Waals surface area contributed by atoms with Crippen LogP contribution in [0.1, 0.15) is 19.3 Å². The molecule has 5 rings (SSSR count). The Morgan fingerprint density at radius 2 is 1.57 bits per heavy atom. The molecule has 0 bridgehead atoms. The number of piperidine rings is 1. The third kappa shape index (κ3) is 6.35. The van der Waals surface area contributed by atoms with Crippen molar-refractivity contribution in [2.45, 2.75) is 19.3 Å². The first-order valence-corrected chi connectivity index (χ1v) is 12.4. The molecule has 0 radical (unpaired) electrons. The fourth-order valence-electron chi connectivity index (χ4n) is 4.53. The predicted molar refractivity (Wildman–Crippen MR) is 139 cm³/mol. The second-order valence-corrected chi connectivity index (χ2v) is 9.00. The van der Waals surface area contributed by atoms with E-state index >= 15 is 0 Å². The second-order valence-electron chi connectivity index (χ2n) is 9.00. The van der Waals surface area contributed by atoms with E-state index in [-0.39, 0.29) is 5.91 Å². The molecule has 1 amide bonds. The summed E-state index contributed by atoms with van der Waals surface area (Å²) in [5.74, 6) is 0.577. The first kappa shape index (κ1) is 23.3. The predicted octanol–water partition coefficient (Wildman–Crippen LogP) is 4.15. The Morgan fingerprint density at radius 1 is 0.857 bits per heavy atom. The molecule has 35 heavy (non-hydrogen) atoms. The number of hydrogen-bond donors (Lipinski definition) is 2. The molecule has 2 saturated heterocycles. The Morgan fingerprint density at radius 3 is 2.31 bits per heavy atom. The van der Waals surface area contributed by atoms with Crippen LogP contribution in [0, 0.1) is 0 Å². The standard InChI is InChI=1S/C27H32N6O2/c34-26(20-32-14-2-1-3-15-32)29-22-6-4-21(5-7-22)25-12-13-28-27(31-25)30-23-8-10-24(11-9-23)33-16-18-35-19-17-33/h4-13H,1-3,14-20H2,(H,29,34)(H,28,30,31). The Balaban J connectivity index is 1.18. The highest BCUT2D eigenvalue weighted by atomic mass is 16.5. The van der Waals surface area contributed by atoms with Gasteiger partial charge in [-0.3, -0.25) is 9.69 Å². The Labute approximate surface area is 206 Å². The summed E-state index contributed by atoms with van der Waals surface area (Å²) < 4.78 is 5.43. The summed E-state index contributed by atoms with van der Waals surface area (Å²) in [6.45, 7) is 5.84. The average molecular weight is 473 g/mol. The van der Waals surface area contributed by atoms with E-state index < -0.39 is 0 Å². The number of nitrogens with one attached hydrogen (secondary N) is 2. The number of hydrogen-bond acceptors (Lipinski definition) is 7. The maximum atomic E-state index is 12.4. The maximum Gasteiger partial charge on any atom is 0.238 e. The van der Waals surface area contributed by atoms with E-state index in [1.165, 1.54) is 24.9 Å². The van der Waals surface area contributed by atoms with E-state index in [4.69, 9.17) is 4.74 Å². The topological polar surface area (TPSA) is 82.6 Å². The summed E-state index contributed by atoms with van der Waals surface area (Å²) in [5.41, 5.74) is 4.71. The van der Waals surface area contributed by atoms with Gasteiger partial charge < -0.3 is 20.3 Å². The highest BCUT2D eigenvalue weighted by Crippen LogP contribution is 2.23. The average Bonchev–Trinajstić information content (AvgIpc) is 2.91. The SMILES string of the molecule is O=C(CN1CCCCC1)Nc1ccc(-c2ccnc(Nc3ccc(N4CCOCC4)cc3)n2)cc1. The van der Waals surface area contributed by atoms with Crippen molar-refractivity contribution in [2.75, 3.05) is 61.5 Å². The van der Waals surface area contributed by atoms with E-state index in [1.807, 2.05) is 42.5 Å². The van der Waals surface area contributed by atoms with Crippen molar-refractivity contribution in [3.63, 3.8) is 0 Å². The molecule has 1 aromatic heterocycles. The van der Waals surface area contributed by atoms with Crippen LogP contribution < -0.4 is 15.5 Å². The summed E-state index contributed by atoms with van der Waals surface area (Å²) in [6, 6.07) is 18.0. The minimum atomic E-state index is 0.0350. The van der Waals surface area contributed by atoms with E-state index in [9.17, 15) is 4.79 Å². The number of anilines is 4. The molecule has 0 unspecified atom stereocenters. The van der Waals surface area contributed by atoms with Gasteiger partial charge in [0.1, 0.15) is 0 Å².